The van der Waals surface area contributed by atoms with Gasteiger partial charge in [-0.2, -0.15) is 4.99 Å². The lowest BCUT2D eigenvalue weighted by molar-refractivity contribution is 0.313. The first-order valence-corrected chi connectivity index (χ1v) is 5.82. The van der Waals surface area contributed by atoms with E-state index in [9.17, 15) is 0 Å². The molecule has 0 aliphatic carbocycles. The second kappa shape index (κ2) is 6.72. The summed E-state index contributed by atoms with van der Waals surface area (Å²) in [4.78, 5) is 8.69. The van der Waals surface area contributed by atoms with E-state index in [1.807, 2.05) is 12.1 Å². The number of hydrogen-bond donors (Lipinski definition) is 0. The highest BCUT2D eigenvalue weighted by Crippen LogP contribution is 2.20. The van der Waals surface area contributed by atoms with E-state index in [4.69, 9.17) is 0 Å². The molecule has 0 spiro atoms. The maximum Gasteiger partial charge on any atom is 0.0741 e. The lowest BCUT2D eigenvalue weighted by atomic mass is 10.2. The largest absolute Gasteiger partial charge is 0.369 e. The van der Waals surface area contributed by atoms with Crippen molar-refractivity contribution in [3.8, 4) is 0 Å². The molecule has 0 unspecified atom stereocenters. The minimum absolute atomic E-state index is 0. The number of benzene rings is 1. The molecule has 92 valence electrons. The van der Waals surface area contributed by atoms with Crippen molar-refractivity contribution < 1.29 is 0 Å². The van der Waals surface area contributed by atoms with E-state index < -0.39 is 0 Å². The zero-order valence-electron chi connectivity index (χ0n) is 9.80. The molecule has 0 amide bonds. The van der Waals surface area contributed by atoms with Crippen LogP contribution in [0.1, 0.15) is 0 Å². The molecule has 0 radical (unpaired) electrons. The van der Waals surface area contributed by atoms with Gasteiger partial charge in [-0.15, -0.1) is 12.4 Å². The number of isothiocyanates is 1. The number of aliphatic imine (C=N–C) groups is 1. The third-order valence-corrected chi connectivity index (χ3v) is 2.98. The summed E-state index contributed by atoms with van der Waals surface area (Å²) in [6, 6.07) is 8.15. The average molecular weight is 270 g/mol. The van der Waals surface area contributed by atoms with E-state index >= 15 is 0 Å². The van der Waals surface area contributed by atoms with Crippen molar-refractivity contribution in [1.29, 1.82) is 0 Å². The topological polar surface area (TPSA) is 18.8 Å². The maximum absolute atomic E-state index is 4.57. The first-order chi connectivity index (χ1) is 7.79. The molecule has 0 aromatic heterocycles. The molecule has 1 aromatic rings. The molecule has 1 aromatic carbocycles. The van der Waals surface area contributed by atoms with E-state index in [-0.39, 0.29) is 12.4 Å². The lowest BCUT2D eigenvalue weighted by Gasteiger charge is -2.34. The molecule has 0 N–H and O–H groups in total. The Morgan fingerprint density at radius 3 is 2.24 bits per heavy atom. The Bertz CT molecular complexity index is 393. The van der Waals surface area contributed by atoms with Gasteiger partial charge in [-0.25, -0.2) is 0 Å². The van der Waals surface area contributed by atoms with Gasteiger partial charge in [0.1, 0.15) is 0 Å². The highest BCUT2D eigenvalue weighted by molar-refractivity contribution is 7.78. The number of hydrogen-bond acceptors (Lipinski definition) is 4. The van der Waals surface area contributed by atoms with Gasteiger partial charge in [-0.1, -0.05) is 0 Å². The van der Waals surface area contributed by atoms with Crippen molar-refractivity contribution in [2.75, 3.05) is 38.1 Å². The first-order valence-electron chi connectivity index (χ1n) is 5.41. The molecule has 3 nitrogen and oxygen atoms in total. The van der Waals surface area contributed by atoms with Crippen LogP contribution in [0.3, 0.4) is 0 Å². The smallest absolute Gasteiger partial charge is 0.0741 e. The fourth-order valence-corrected chi connectivity index (χ4v) is 1.96. The van der Waals surface area contributed by atoms with Crippen molar-refractivity contribution in [2.24, 2.45) is 4.99 Å². The fraction of sp³-hybridized carbons (Fsp3) is 0.417. The Morgan fingerprint density at radius 2 is 1.71 bits per heavy atom. The summed E-state index contributed by atoms with van der Waals surface area (Å²) in [5.41, 5.74) is 2.13. The number of nitrogens with zero attached hydrogens (tertiary/aromatic N) is 3. The lowest BCUT2D eigenvalue weighted by Crippen LogP contribution is -2.44. The molecule has 1 aliphatic heterocycles. The van der Waals surface area contributed by atoms with Gasteiger partial charge in [0.15, 0.2) is 0 Å². The summed E-state index contributed by atoms with van der Waals surface area (Å²) >= 11 is 4.57. The van der Waals surface area contributed by atoms with Gasteiger partial charge >= 0.3 is 0 Å². The molecule has 0 atom stereocenters. The Labute approximate surface area is 114 Å². The molecule has 2 rings (SSSR count). The predicted molar refractivity (Wildman–Crippen MR) is 78.1 cm³/mol. The van der Waals surface area contributed by atoms with E-state index in [2.05, 4.69) is 51.4 Å². The summed E-state index contributed by atoms with van der Waals surface area (Å²) < 4.78 is 0. The van der Waals surface area contributed by atoms with Crippen LogP contribution in [-0.4, -0.2) is 43.3 Å². The highest BCUT2D eigenvalue weighted by atomic mass is 35.5. The Morgan fingerprint density at radius 1 is 1.12 bits per heavy atom. The second-order valence-corrected chi connectivity index (χ2v) is 4.19. The van der Waals surface area contributed by atoms with Crippen LogP contribution in [0.4, 0.5) is 11.4 Å². The molecule has 17 heavy (non-hydrogen) atoms. The second-order valence-electron chi connectivity index (χ2n) is 4.01. The number of piperazine rings is 1. The molecule has 5 heteroatoms. The van der Waals surface area contributed by atoms with Gasteiger partial charge < -0.3 is 9.80 Å². The monoisotopic (exact) mass is 269 g/mol. The van der Waals surface area contributed by atoms with Crippen molar-refractivity contribution in [2.45, 2.75) is 0 Å². The van der Waals surface area contributed by atoms with Crippen LogP contribution in [0.25, 0.3) is 0 Å². The Hall–Kier alpha value is -0.930. The van der Waals surface area contributed by atoms with Crippen LogP contribution in [-0.2, 0) is 0 Å². The molecular weight excluding hydrogens is 254 g/mol. The SMILES string of the molecule is CN1CCN(c2ccc(N=C=S)cc2)CC1.Cl. The molecule has 1 fully saturated rings. The van der Waals surface area contributed by atoms with E-state index in [0.717, 1.165) is 31.9 Å². The fourth-order valence-electron chi connectivity index (χ4n) is 1.86. The van der Waals surface area contributed by atoms with Gasteiger partial charge in [0.05, 0.1) is 10.8 Å². The van der Waals surface area contributed by atoms with Crippen LogP contribution in [0, 0.1) is 0 Å². The van der Waals surface area contributed by atoms with E-state index in [0.29, 0.717) is 0 Å². The van der Waals surface area contributed by atoms with Crippen molar-refractivity contribution in [1.82, 2.24) is 4.90 Å². The normalized spacial score (nSPS) is 15.9. The number of rotatable bonds is 2. The zero-order valence-corrected chi connectivity index (χ0v) is 11.4. The van der Waals surface area contributed by atoms with Crippen molar-refractivity contribution in [3.05, 3.63) is 24.3 Å². The maximum atomic E-state index is 4.57. The molecule has 1 saturated heterocycles. The zero-order chi connectivity index (χ0) is 11.4. The van der Waals surface area contributed by atoms with E-state index in [1.165, 1.54) is 5.69 Å². The summed E-state index contributed by atoms with van der Waals surface area (Å²) in [7, 11) is 2.16. The van der Waals surface area contributed by atoms with Gasteiger partial charge in [0, 0.05) is 31.9 Å². The van der Waals surface area contributed by atoms with Gasteiger partial charge in [0.2, 0.25) is 0 Å². The molecule has 1 aliphatic rings. The van der Waals surface area contributed by atoms with Crippen LogP contribution in [0.2, 0.25) is 0 Å². The Kier molecular flexibility index (Phi) is 5.59. The van der Waals surface area contributed by atoms with Gasteiger partial charge in [-0.3, -0.25) is 0 Å². The molecule has 1 heterocycles. The van der Waals surface area contributed by atoms with Gasteiger partial charge in [-0.05, 0) is 43.5 Å². The molecular formula is C12H16ClN3S. The molecule has 0 bridgehead atoms. The van der Waals surface area contributed by atoms with Crippen LogP contribution in [0.15, 0.2) is 29.3 Å². The standard InChI is InChI=1S/C12H15N3S.ClH/c1-14-6-8-15(9-7-14)12-4-2-11(3-5-12)13-10-16;/h2-5H,6-9H2,1H3;1H. The number of thiocarbonyl (C=S) groups is 1. The Balaban J connectivity index is 0.00000144. The predicted octanol–water partition coefficient (Wildman–Crippen LogP) is 2.59. The summed E-state index contributed by atoms with van der Waals surface area (Å²) in [6.45, 7) is 4.43. The number of halogens is 1. The van der Waals surface area contributed by atoms with Crippen molar-refractivity contribution >= 4 is 41.2 Å². The quantitative estimate of drug-likeness (QED) is 0.608. The van der Waals surface area contributed by atoms with Crippen LogP contribution < -0.4 is 4.90 Å². The van der Waals surface area contributed by atoms with E-state index in [1.54, 1.807) is 0 Å². The van der Waals surface area contributed by atoms with Gasteiger partial charge in [0.25, 0.3) is 0 Å². The summed E-state index contributed by atoms with van der Waals surface area (Å²) in [6.07, 6.45) is 0. The number of anilines is 1. The third kappa shape index (κ3) is 3.79. The minimum Gasteiger partial charge on any atom is -0.369 e. The first kappa shape index (κ1) is 14.1. The van der Waals surface area contributed by atoms with Crippen molar-refractivity contribution in [3.63, 3.8) is 0 Å². The third-order valence-electron chi connectivity index (χ3n) is 2.89. The van der Waals surface area contributed by atoms with Crippen LogP contribution >= 0.6 is 24.6 Å². The summed E-state index contributed by atoms with van der Waals surface area (Å²) in [5, 5.41) is 2.38. The van der Waals surface area contributed by atoms with Crippen LogP contribution in [0.5, 0.6) is 0 Å². The molecule has 0 saturated carbocycles. The summed E-state index contributed by atoms with van der Waals surface area (Å²) in [5.74, 6) is 0. The highest BCUT2D eigenvalue weighted by Gasteiger charge is 2.13. The minimum atomic E-state index is 0. The average Bonchev–Trinajstić information content (AvgIpc) is 2.32. The number of likely N-dealkylation sites (N-methyl/N-ethyl adjacent to an activating group) is 1.